The molecule has 20 heavy (non-hydrogen) atoms. The highest BCUT2D eigenvalue weighted by Crippen LogP contribution is 2.25. The van der Waals surface area contributed by atoms with Crippen molar-refractivity contribution in [1.29, 1.82) is 0 Å². The number of sulfone groups is 1. The Morgan fingerprint density at radius 1 is 1.15 bits per heavy atom. The quantitative estimate of drug-likeness (QED) is 0.821. The van der Waals surface area contributed by atoms with Crippen LogP contribution in [0.4, 0.5) is 0 Å². The van der Waals surface area contributed by atoms with E-state index in [-0.39, 0.29) is 29.4 Å². The molecule has 1 amide bonds. The molecule has 1 aliphatic heterocycles. The average molecular weight is 302 g/mol. The number of nitrogens with one attached hydrogen (secondary N) is 1. The van der Waals surface area contributed by atoms with Gasteiger partial charge in [0.2, 0.25) is 5.91 Å². The predicted octanol–water partition coefficient (Wildman–Crippen LogP) is 0.944. The van der Waals surface area contributed by atoms with Crippen LogP contribution in [0.5, 0.6) is 0 Å². The van der Waals surface area contributed by atoms with E-state index in [0.29, 0.717) is 0 Å². The number of rotatable bonds is 5. The van der Waals surface area contributed by atoms with Crippen LogP contribution in [-0.2, 0) is 14.6 Å². The Balaban J connectivity index is 1.81. The number of hydrogen-bond acceptors (Lipinski definition) is 4. The van der Waals surface area contributed by atoms with Crippen molar-refractivity contribution in [2.24, 2.45) is 0 Å². The second-order valence-corrected chi connectivity index (χ2v) is 8.41. The lowest BCUT2D eigenvalue weighted by Crippen LogP contribution is -2.44. The lowest BCUT2D eigenvalue weighted by molar-refractivity contribution is -0.132. The second kappa shape index (κ2) is 6.89. The van der Waals surface area contributed by atoms with Gasteiger partial charge in [-0.25, -0.2) is 8.42 Å². The monoisotopic (exact) mass is 302 g/mol. The maximum absolute atomic E-state index is 12.2. The van der Waals surface area contributed by atoms with Crippen molar-refractivity contribution in [3.63, 3.8) is 0 Å². The van der Waals surface area contributed by atoms with E-state index < -0.39 is 9.84 Å². The number of amides is 1. The number of carbonyl (C=O) groups excluding carboxylic acids is 1. The van der Waals surface area contributed by atoms with Gasteiger partial charge in [-0.15, -0.1) is 0 Å². The van der Waals surface area contributed by atoms with Crippen molar-refractivity contribution in [3.05, 3.63) is 0 Å². The van der Waals surface area contributed by atoms with Gasteiger partial charge in [0.15, 0.2) is 9.84 Å². The molecule has 0 atom stereocenters. The van der Waals surface area contributed by atoms with E-state index in [4.69, 9.17) is 0 Å². The third-order valence-electron chi connectivity index (χ3n) is 4.66. The summed E-state index contributed by atoms with van der Waals surface area (Å²) in [6.07, 6.45) is 5.62. The van der Waals surface area contributed by atoms with E-state index in [1.807, 2.05) is 0 Å². The largest absolute Gasteiger partial charge is 0.343 e. The number of carbonyl (C=O) groups is 1. The van der Waals surface area contributed by atoms with Crippen LogP contribution in [0.2, 0.25) is 0 Å². The molecule has 2 aliphatic rings. The molecule has 0 radical (unpaired) electrons. The molecule has 0 unspecified atom stereocenters. The zero-order valence-electron chi connectivity index (χ0n) is 12.3. The van der Waals surface area contributed by atoms with E-state index in [0.717, 1.165) is 51.6 Å². The van der Waals surface area contributed by atoms with Gasteiger partial charge in [-0.1, -0.05) is 12.8 Å². The highest BCUT2D eigenvalue weighted by Gasteiger charge is 2.30. The number of nitrogens with zero attached hydrogens (tertiary/aromatic N) is 1. The molecule has 1 heterocycles. The van der Waals surface area contributed by atoms with Crippen molar-refractivity contribution >= 4 is 15.7 Å². The van der Waals surface area contributed by atoms with Crippen molar-refractivity contribution < 1.29 is 13.2 Å². The summed E-state index contributed by atoms with van der Waals surface area (Å²) in [7, 11) is -1.27. The van der Waals surface area contributed by atoms with Gasteiger partial charge in [0, 0.05) is 19.5 Å². The second-order valence-electron chi connectivity index (χ2n) is 6.01. The van der Waals surface area contributed by atoms with E-state index >= 15 is 0 Å². The fourth-order valence-corrected chi connectivity index (χ4v) is 5.06. The Kier molecular flexibility index (Phi) is 5.43. The fourth-order valence-electron chi connectivity index (χ4n) is 3.22. The number of piperidine rings is 1. The Labute approximate surface area is 122 Å². The highest BCUT2D eigenvalue weighted by molar-refractivity contribution is 7.92. The topological polar surface area (TPSA) is 66.5 Å². The zero-order valence-corrected chi connectivity index (χ0v) is 13.1. The highest BCUT2D eigenvalue weighted by atomic mass is 32.2. The summed E-state index contributed by atoms with van der Waals surface area (Å²) >= 11 is 0. The molecule has 2 fully saturated rings. The maximum atomic E-state index is 12.2. The summed E-state index contributed by atoms with van der Waals surface area (Å²) in [5.74, 6) is -0.00954. The Bertz CT molecular complexity index is 424. The first-order valence-corrected chi connectivity index (χ1v) is 9.40. The van der Waals surface area contributed by atoms with E-state index in [1.54, 1.807) is 11.9 Å². The summed E-state index contributed by atoms with van der Waals surface area (Å²) in [4.78, 5) is 13.9. The molecule has 1 N–H and O–H groups in total. The number of hydrogen-bond donors (Lipinski definition) is 1. The Morgan fingerprint density at radius 2 is 1.75 bits per heavy atom. The molecular weight excluding hydrogens is 276 g/mol. The minimum atomic E-state index is -3.08. The van der Waals surface area contributed by atoms with Crippen LogP contribution in [-0.4, -0.2) is 56.4 Å². The van der Waals surface area contributed by atoms with Crippen LogP contribution in [0.1, 0.15) is 44.9 Å². The summed E-state index contributed by atoms with van der Waals surface area (Å²) in [5, 5.41) is 3.07. The van der Waals surface area contributed by atoms with Gasteiger partial charge < -0.3 is 10.2 Å². The molecule has 116 valence electrons. The van der Waals surface area contributed by atoms with Crippen LogP contribution in [0, 0.1) is 0 Å². The molecule has 6 heteroatoms. The van der Waals surface area contributed by atoms with Gasteiger partial charge in [-0.05, 0) is 38.8 Å². The average Bonchev–Trinajstić information content (AvgIpc) is 3.00. The molecule has 1 saturated carbocycles. The third-order valence-corrected chi connectivity index (χ3v) is 6.92. The first-order chi connectivity index (χ1) is 9.50. The van der Waals surface area contributed by atoms with Gasteiger partial charge in [-0.3, -0.25) is 4.79 Å². The molecule has 0 aromatic heterocycles. The van der Waals surface area contributed by atoms with Crippen LogP contribution < -0.4 is 5.32 Å². The lowest BCUT2D eigenvalue weighted by atomic mass is 10.1. The first-order valence-electron chi connectivity index (χ1n) is 7.68. The Morgan fingerprint density at radius 3 is 2.35 bits per heavy atom. The van der Waals surface area contributed by atoms with Gasteiger partial charge in [-0.2, -0.15) is 0 Å². The van der Waals surface area contributed by atoms with Crippen LogP contribution in [0.15, 0.2) is 0 Å². The molecule has 0 bridgehead atoms. The minimum Gasteiger partial charge on any atom is -0.343 e. The Hall–Kier alpha value is -0.620. The summed E-state index contributed by atoms with van der Waals surface area (Å²) in [5.41, 5.74) is 0. The molecule has 5 nitrogen and oxygen atoms in total. The third kappa shape index (κ3) is 3.95. The summed E-state index contributed by atoms with van der Waals surface area (Å²) < 4.78 is 24.3. The lowest BCUT2D eigenvalue weighted by Gasteiger charge is -2.31. The molecule has 0 aromatic carbocycles. The van der Waals surface area contributed by atoms with E-state index in [9.17, 15) is 13.2 Å². The van der Waals surface area contributed by atoms with Gasteiger partial charge >= 0.3 is 0 Å². The van der Waals surface area contributed by atoms with Gasteiger partial charge in [0.1, 0.15) is 0 Å². The van der Waals surface area contributed by atoms with Crippen molar-refractivity contribution in [2.45, 2.75) is 56.2 Å². The van der Waals surface area contributed by atoms with Gasteiger partial charge in [0.05, 0.1) is 11.0 Å². The van der Waals surface area contributed by atoms with Crippen molar-refractivity contribution in [3.8, 4) is 0 Å². The predicted molar refractivity (Wildman–Crippen MR) is 79.3 cm³/mol. The fraction of sp³-hybridized carbons (Fsp3) is 0.929. The van der Waals surface area contributed by atoms with Crippen molar-refractivity contribution in [1.82, 2.24) is 10.2 Å². The maximum Gasteiger partial charge on any atom is 0.223 e. The van der Waals surface area contributed by atoms with Crippen LogP contribution in [0.25, 0.3) is 0 Å². The smallest absolute Gasteiger partial charge is 0.223 e. The summed E-state index contributed by atoms with van der Waals surface area (Å²) in [6, 6.07) is 0.262. The van der Waals surface area contributed by atoms with Crippen molar-refractivity contribution in [2.75, 3.05) is 25.9 Å². The SMILES string of the molecule is CN(C(=O)CCS(=O)(=O)C1CCCC1)C1CCNCC1. The molecule has 1 aliphatic carbocycles. The molecule has 1 saturated heterocycles. The minimum absolute atomic E-state index is 0.0197. The summed E-state index contributed by atoms with van der Waals surface area (Å²) in [6.45, 7) is 1.87. The standard InChI is InChI=1S/C14H26N2O3S/c1-16(12-6-9-15-10-7-12)14(17)8-11-20(18,19)13-4-2-3-5-13/h12-13,15H,2-11H2,1H3. The molecule has 0 spiro atoms. The molecule has 2 rings (SSSR count). The van der Waals surface area contributed by atoms with Crippen LogP contribution >= 0.6 is 0 Å². The van der Waals surface area contributed by atoms with Crippen LogP contribution in [0.3, 0.4) is 0 Å². The van der Waals surface area contributed by atoms with E-state index in [2.05, 4.69) is 5.32 Å². The normalized spacial score (nSPS) is 22.1. The van der Waals surface area contributed by atoms with E-state index in [1.165, 1.54) is 0 Å². The first kappa shape index (κ1) is 15.8. The zero-order chi connectivity index (χ0) is 14.6. The van der Waals surface area contributed by atoms with Gasteiger partial charge in [0.25, 0.3) is 0 Å². The molecule has 0 aromatic rings. The molecular formula is C14H26N2O3S.